The molecular weight excluding hydrogens is 344 g/mol. The standard InChI is InChI=1S/C21H26N2O2S/c1-4-17(18-8-6-5-7-9-18)14-22-21(25)15(2)26-20-12-10-19(11-13-20)23-16(3)24/h5-13,15,17H,4,14H2,1-3H3,(H,22,25)(H,23,24)/t15-,17+/m0/s1. The Hall–Kier alpha value is -2.27. The SMILES string of the molecule is CC[C@H](CNC(=O)[C@H](C)Sc1ccc(NC(C)=O)cc1)c1ccccc1. The summed E-state index contributed by atoms with van der Waals surface area (Å²) in [6, 6.07) is 17.8. The molecule has 2 N–H and O–H groups in total. The van der Waals surface area contributed by atoms with Crippen molar-refractivity contribution in [2.45, 2.75) is 43.3 Å². The molecule has 0 saturated heterocycles. The first-order chi connectivity index (χ1) is 12.5. The summed E-state index contributed by atoms with van der Waals surface area (Å²) in [5.74, 6) is 0.270. The highest BCUT2D eigenvalue weighted by Gasteiger charge is 2.16. The highest BCUT2D eigenvalue weighted by atomic mass is 32.2. The van der Waals surface area contributed by atoms with E-state index >= 15 is 0 Å². The van der Waals surface area contributed by atoms with Crippen molar-refractivity contribution in [2.75, 3.05) is 11.9 Å². The number of benzene rings is 2. The molecule has 4 nitrogen and oxygen atoms in total. The quantitative estimate of drug-likeness (QED) is 0.676. The second-order valence-corrected chi connectivity index (χ2v) is 7.64. The van der Waals surface area contributed by atoms with E-state index in [4.69, 9.17) is 0 Å². The summed E-state index contributed by atoms with van der Waals surface area (Å²) in [6.07, 6.45) is 0.983. The van der Waals surface area contributed by atoms with Crippen LogP contribution in [0.15, 0.2) is 59.5 Å². The van der Waals surface area contributed by atoms with Gasteiger partial charge in [-0.25, -0.2) is 0 Å². The van der Waals surface area contributed by atoms with E-state index in [9.17, 15) is 9.59 Å². The Bertz CT molecular complexity index is 717. The zero-order chi connectivity index (χ0) is 18.9. The zero-order valence-electron chi connectivity index (χ0n) is 15.5. The third kappa shape index (κ3) is 6.23. The summed E-state index contributed by atoms with van der Waals surface area (Å²) < 4.78 is 0. The first kappa shape index (κ1) is 20.0. The lowest BCUT2D eigenvalue weighted by molar-refractivity contribution is -0.120. The molecule has 0 bridgehead atoms. The molecule has 0 saturated carbocycles. The predicted octanol–water partition coefficient (Wildman–Crippen LogP) is 4.44. The van der Waals surface area contributed by atoms with Crippen LogP contribution in [0.4, 0.5) is 5.69 Å². The molecule has 2 aromatic carbocycles. The molecule has 0 unspecified atom stereocenters. The Morgan fingerprint density at radius 1 is 1.04 bits per heavy atom. The van der Waals surface area contributed by atoms with Crippen molar-refractivity contribution in [2.24, 2.45) is 0 Å². The Morgan fingerprint density at radius 2 is 1.69 bits per heavy atom. The molecule has 2 atom stereocenters. The minimum atomic E-state index is -0.185. The fourth-order valence-corrected chi connectivity index (χ4v) is 3.56. The Kier molecular flexibility index (Phi) is 7.73. The monoisotopic (exact) mass is 370 g/mol. The summed E-state index contributed by atoms with van der Waals surface area (Å²) in [7, 11) is 0. The van der Waals surface area contributed by atoms with Gasteiger partial charge in [-0.05, 0) is 43.2 Å². The molecule has 0 fully saturated rings. The fraction of sp³-hybridized carbons (Fsp3) is 0.333. The molecule has 0 aliphatic heterocycles. The number of thioether (sulfide) groups is 1. The lowest BCUT2D eigenvalue weighted by Crippen LogP contribution is -2.34. The van der Waals surface area contributed by atoms with Gasteiger partial charge in [0.25, 0.3) is 0 Å². The van der Waals surface area contributed by atoms with Crippen molar-refractivity contribution in [1.29, 1.82) is 0 Å². The van der Waals surface area contributed by atoms with Crippen LogP contribution in [-0.4, -0.2) is 23.6 Å². The molecule has 26 heavy (non-hydrogen) atoms. The third-order valence-corrected chi connectivity index (χ3v) is 5.26. The number of rotatable bonds is 8. The summed E-state index contributed by atoms with van der Waals surface area (Å²) in [5, 5.41) is 5.62. The Balaban J connectivity index is 1.86. The average Bonchev–Trinajstić information content (AvgIpc) is 2.64. The van der Waals surface area contributed by atoms with Crippen LogP contribution in [0.25, 0.3) is 0 Å². The normalized spacial score (nSPS) is 12.9. The zero-order valence-corrected chi connectivity index (χ0v) is 16.3. The Morgan fingerprint density at radius 3 is 2.27 bits per heavy atom. The van der Waals surface area contributed by atoms with Gasteiger partial charge >= 0.3 is 0 Å². The molecule has 0 aliphatic rings. The van der Waals surface area contributed by atoms with Gasteiger partial charge in [-0.3, -0.25) is 9.59 Å². The van der Waals surface area contributed by atoms with E-state index in [-0.39, 0.29) is 17.1 Å². The van der Waals surface area contributed by atoms with Crippen molar-refractivity contribution >= 4 is 29.3 Å². The van der Waals surface area contributed by atoms with E-state index in [0.717, 1.165) is 17.0 Å². The van der Waals surface area contributed by atoms with Gasteiger partial charge in [-0.15, -0.1) is 11.8 Å². The molecule has 5 heteroatoms. The molecular formula is C21H26N2O2S. The lowest BCUT2D eigenvalue weighted by atomic mass is 9.96. The second kappa shape index (κ2) is 10.0. The molecule has 2 rings (SSSR count). The van der Waals surface area contributed by atoms with Gasteiger partial charge in [0.05, 0.1) is 5.25 Å². The molecule has 0 spiro atoms. The van der Waals surface area contributed by atoms with Crippen molar-refractivity contribution in [1.82, 2.24) is 5.32 Å². The maximum absolute atomic E-state index is 12.4. The Labute approximate surface area is 159 Å². The van der Waals surface area contributed by atoms with E-state index in [1.807, 2.05) is 49.4 Å². The second-order valence-electron chi connectivity index (χ2n) is 6.23. The summed E-state index contributed by atoms with van der Waals surface area (Å²) >= 11 is 1.51. The molecule has 2 amide bonds. The molecule has 0 radical (unpaired) electrons. The van der Waals surface area contributed by atoms with Crippen LogP contribution in [0.2, 0.25) is 0 Å². The number of carbonyl (C=O) groups excluding carboxylic acids is 2. The van der Waals surface area contributed by atoms with Crippen molar-refractivity contribution in [3.05, 3.63) is 60.2 Å². The van der Waals surface area contributed by atoms with E-state index in [1.165, 1.54) is 24.2 Å². The largest absolute Gasteiger partial charge is 0.355 e. The van der Waals surface area contributed by atoms with Gasteiger partial charge in [0, 0.05) is 30.0 Å². The van der Waals surface area contributed by atoms with Crippen LogP contribution in [0.1, 0.15) is 38.7 Å². The van der Waals surface area contributed by atoms with Gasteiger partial charge in [0.2, 0.25) is 11.8 Å². The van der Waals surface area contributed by atoms with Gasteiger partial charge < -0.3 is 10.6 Å². The van der Waals surface area contributed by atoms with Crippen LogP contribution in [0.3, 0.4) is 0 Å². The minimum Gasteiger partial charge on any atom is -0.355 e. The van der Waals surface area contributed by atoms with E-state index in [1.54, 1.807) is 0 Å². The maximum atomic E-state index is 12.4. The molecule has 0 aliphatic carbocycles. The van der Waals surface area contributed by atoms with Gasteiger partial charge in [0.15, 0.2) is 0 Å². The smallest absolute Gasteiger partial charge is 0.233 e. The predicted molar refractivity (Wildman–Crippen MR) is 109 cm³/mol. The molecule has 2 aromatic rings. The van der Waals surface area contributed by atoms with Crippen LogP contribution < -0.4 is 10.6 Å². The number of anilines is 1. The van der Waals surface area contributed by atoms with E-state index in [2.05, 4.69) is 29.7 Å². The average molecular weight is 371 g/mol. The summed E-state index contributed by atoms with van der Waals surface area (Å²) in [5.41, 5.74) is 2.01. The van der Waals surface area contributed by atoms with Crippen molar-refractivity contribution < 1.29 is 9.59 Å². The molecule has 0 heterocycles. The highest BCUT2D eigenvalue weighted by Crippen LogP contribution is 2.25. The molecule has 0 aromatic heterocycles. The summed E-state index contributed by atoms with van der Waals surface area (Å²) in [6.45, 7) is 6.17. The van der Waals surface area contributed by atoms with Crippen molar-refractivity contribution in [3.8, 4) is 0 Å². The number of carbonyl (C=O) groups is 2. The first-order valence-electron chi connectivity index (χ1n) is 8.86. The highest BCUT2D eigenvalue weighted by molar-refractivity contribution is 8.00. The van der Waals surface area contributed by atoms with E-state index < -0.39 is 0 Å². The van der Waals surface area contributed by atoms with Crippen LogP contribution >= 0.6 is 11.8 Å². The minimum absolute atomic E-state index is 0.0373. The third-order valence-electron chi connectivity index (χ3n) is 4.14. The van der Waals surface area contributed by atoms with Gasteiger partial charge in [0.1, 0.15) is 0 Å². The summed E-state index contributed by atoms with van der Waals surface area (Å²) in [4.78, 5) is 24.5. The fourth-order valence-electron chi connectivity index (χ4n) is 2.67. The first-order valence-corrected chi connectivity index (χ1v) is 9.74. The van der Waals surface area contributed by atoms with E-state index in [0.29, 0.717) is 12.5 Å². The van der Waals surface area contributed by atoms with Crippen molar-refractivity contribution in [3.63, 3.8) is 0 Å². The lowest BCUT2D eigenvalue weighted by Gasteiger charge is -2.18. The number of nitrogens with one attached hydrogen (secondary N) is 2. The number of hydrogen-bond acceptors (Lipinski definition) is 3. The topological polar surface area (TPSA) is 58.2 Å². The van der Waals surface area contributed by atoms with Crippen LogP contribution in [-0.2, 0) is 9.59 Å². The number of hydrogen-bond donors (Lipinski definition) is 2. The number of amides is 2. The van der Waals surface area contributed by atoms with Gasteiger partial charge in [-0.1, -0.05) is 37.3 Å². The van der Waals surface area contributed by atoms with Crippen LogP contribution in [0, 0.1) is 0 Å². The van der Waals surface area contributed by atoms with Crippen LogP contribution in [0.5, 0.6) is 0 Å². The molecule has 138 valence electrons. The maximum Gasteiger partial charge on any atom is 0.233 e. The van der Waals surface area contributed by atoms with Gasteiger partial charge in [-0.2, -0.15) is 0 Å².